The van der Waals surface area contributed by atoms with Gasteiger partial charge in [0, 0.05) is 19.2 Å². The molecule has 0 aromatic heterocycles. The number of phenols is 1. The van der Waals surface area contributed by atoms with E-state index in [-0.39, 0.29) is 47.0 Å². The van der Waals surface area contributed by atoms with E-state index in [4.69, 9.17) is 9.47 Å². The summed E-state index contributed by atoms with van der Waals surface area (Å²) in [4.78, 5) is 23.9. The average molecular weight is 490 g/mol. The summed E-state index contributed by atoms with van der Waals surface area (Å²) in [5, 5.41) is 10.5. The van der Waals surface area contributed by atoms with Gasteiger partial charge in [-0.15, -0.1) is 0 Å². The Labute approximate surface area is 200 Å². The largest absolute Gasteiger partial charge is 0.507 e. The highest BCUT2D eigenvalue weighted by Gasteiger charge is 2.34. The van der Waals surface area contributed by atoms with Gasteiger partial charge in [-0.25, -0.2) is 8.42 Å². The van der Waals surface area contributed by atoms with E-state index in [1.807, 2.05) is 13.0 Å². The molecule has 0 amide bonds. The van der Waals surface area contributed by atoms with E-state index in [0.717, 1.165) is 12.0 Å². The van der Waals surface area contributed by atoms with Crippen molar-refractivity contribution in [1.82, 2.24) is 4.31 Å². The van der Waals surface area contributed by atoms with Gasteiger partial charge in [-0.1, -0.05) is 25.5 Å². The Morgan fingerprint density at radius 2 is 1.91 bits per heavy atom. The number of ketones is 1. The predicted octanol–water partition coefficient (Wildman–Crippen LogP) is 3.13. The zero-order valence-electron chi connectivity index (χ0n) is 20.0. The molecule has 0 saturated heterocycles. The molecule has 8 nitrogen and oxygen atoms in total. The molecule has 0 bridgehead atoms. The number of likely N-dealkylation sites (N-methyl/N-ethyl adjacent to an activating group) is 1. The molecule has 2 aromatic rings. The quantitative estimate of drug-likeness (QED) is 0.403. The van der Waals surface area contributed by atoms with Crippen LogP contribution in [0.15, 0.2) is 35.2 Å². The number of methoxy groups -OCH3 is 1. The Hall–Kier alpha value is -2.91. The molecule has 0 aliphatic heterocycles. The Morgan fingerprint density at radius 3 is 2.56 bits per heavy atom. The lowest BCUT2D eigenvalue weighted by Crippen LogP contribution is -2.31. The average Bonchev–Trinajstić information content (AvgIpc) is 3.24. The zero-order chi connectivity index (χ0) is 25.0. The highest BCUT2D eigenvalue weighted by Crippen LogP contribution is 2.34. The van der Waals surface area contributed by atoms with E-state index in [1.54, 1.807) is 18.2 Å². The lowest BCUT2D eigenvalue weighted by molar-refractivity contribution is -0.145. The second-order valence-corrected chi connectivity index (χ2v) is 10.5. The number of carbonyl (C=O) groups excluding carboxylic acids is 2. The fraction of sp³-hybridized carbons (Fsp3) is 0.440. The van der Waals surface area contributed by atoms with Gasteiger partial charge in [-0.3, -0.25) is 9.59 Å². The summed E-state index contributed by atoms with van der Waals surface area (Å²) in [7, 11) is -1.00. The highest BCUT2D eigenvalue weighted by atomic mass is 32.2. The van der Waals surface area contributed by atoms with E-state index in [1.165, 1.54) is 31.5 Å². The van der Waals surface area contributed by atoms with Gasteiger partial charge in [0.15, 0.2) is 5.78 Å². The van der Waals surface area contributed by atoms with Gasteiger partial charge in [0.25, 0.3) is 0 Å². The van der Waals surface area contributed by atoms with Crippen LogP contribution < -0.4 is 4.74 Å². The van der Waals surface area contributed by atoms with Crippen molar-refractivity contribution < 1.29 is 32.6 Å². The summed E-state index contributed by atoms with van der Waals surface area (Å²) in [5.74, 6) is -0.627. The van der Waals surface area contributed by atoms with Gasteiger partial charge < -0.3 is 14.6 Å². The number of sulfonamides is 1. The Bertz CT molecular complexity index is 1190. The predicted molar refractivity (Wildman–Crippen MR) is 127 cm³/mol. The van der Waals surface area contributed by atoms with Crippen molar-refractivity contribution in [2.24, 2.45) is 5.92 Å². The number of esters is 1. The molecule has 0 spiro atoms. The molecule has 1 N–H and O–H groups in total. The number of Topliss-reactive ketones (excluding diaryl/α,β-unsaturated/α-hetero) is 1. The molecule has 1 aliphatic carbocycles. The van der Waals surface area contributed by atoms with Gasteiger partial charge in [-0.2, -0.15) is 4.31 Å². The maximum absolute atomic E-state index is 13.3. The molecule has 1 aliphatic rings. The van der Waals surface area contributed by atoms with Crippen LogP contribution in [0.3, 0.4) is 0 Å². The van der Waals surface area contributed by atoms with Crippen LogP contribution in [-0.2, 0) is 38.8 Å². The van der Waals surface area contributed by atoms with E-state index in [9.17, 15) is 23.1 Å². The molecular weight excluding hydrogens is 458 g/mol. The topological polar surface area (TPSA) is 110 Å². The normalized spacial score (nSPS) is 15.3. The van der Waals surface area contributed by atoms with E-state index in [0.29, 0.717) is 36.1 Å². The van der Waals surface area contributed by atoms with E-state index >= 15 is 0 Å². The number of aromatic hydroxyl groups is 1. The number of phenolic OH excluding ortho intramolecular Hbond substituents is 1. The molecule has 184 valence electrons. The van der Waals surface area contributed by atoms with Crippen LogP contribution in [0.2, 0.25) is 0 Å². The second kappa shape index (κ2) is 10.6. The third-order valence-corrected chi connectivity index (χ3v) is 8.09. The molecule has 3 rings (SSSR count). The first-order valence-electron chi connectivity index (χ1n) is 11.2. The van der Waals surface area contributed by atoms with Crippen LogP contribution in [-0.4, -0.2) is 56.9 Å². The highest BCUT2D eigenvalue weighted by molar-refractivity contribution is 7.89. The first-order chi connectivity index (χ1) is 16.1. The zero-order valence-corrected chi connectivity index (χ0v) is 20.8. The monoisotopic (exact) mass is 489 g/mol. The summed E-state index contributed by atoms with van der Waals surface area (Å²) < 4.78 is 38.5. The van der Waals surface area contributed by atoms with Gasteiger partial charge in [0.1, 0.15) is 18.1 Å². The number of nitrogens with zero attached hydrogens (tertiary/aromatic N) is 1. The summed E-state index contributed by atoms with van der Waals surface area (Å²) in [6, 6.07) is 8.23. The molecule has 2 aromatic carbocycles. The fourth-order valence-corrected chi connectivity index (χ4v) is 5.72. The SMILES string of the molecule is CCCc1c(OCCN(C)S(=O)(=O)c2cccc3c2CC(C(=O)OC)C3)ccc(C(C)=O)c1O. The van der Waals surface area contributed by atoms with E-state index < -0.39 is 10.0 Å². The second-order valence-electron chi connectivity index (χ2n) is 8.44. The number of hydrogen-bond donors (Lipinski definition) is 1. The maximum atomic E-state index is 13.3. The Kier molecular flexibility index (Phi) is 7.99. The molecule has 0 saturated carbocycles. The van der Waals surface area contributed by atoms with E-state index in [2.05, 4.69) is 0 Å². The lowest BCUT2D eigenvalue weighted by atomic mass is 10.0. The van der Waals surface area contributed by atoms with Crippen LogP contribution in [0.4, 0.5) is 0 Å². The number of carbonyl (C=O) groups is 2. The van der Waals surface area contributed by atoms with Crippen molar-refractivity contribution in [3.05, 3.63) is 52.6 Å². The third kappa shape index (κ3) is 5.10. The van der Waals surface area contributed by atoms with Crippen LogP contribution in [0.25, 0.3) is 0 Å². The number of fused-ring (bicyclic) bond motifs is 1. The van der Waals surface area contributed by atoms with Crippen molar-refractivity contribution in [2.75, 3.05) is 27.3 Å². The number of ether oxygens (including phenoxy) is 2. The first-order valence-corrected chi connectivity index (χ1v) is 12.7. The molecule has 1 atom stereocenters. The van der Waals surface area contributed by atoms with Gasteiger partial charge >= 0.3 is 5.97 Å². The molecule has 34 heavy (non-hydrogen) atoms. The molecule has 9 heteroatoms. The molecule has 1 unspecified atom stereocenters. The van der Waals surface area contributed by atoms with Crippen LogP contribution in [0, 0.1) is 5.92 Å². The van der Waals surface area contributed by atoms with Crippen LogP contribution in [0.1, 0.15) is 47.3 Å². The maximum Gasteiger partial charge on any atom is 0.309 e. The molecule has 0 radical (unpaired) electrons. The van der Waals surface area contributed by atoms with Crippen molar-refractivity contribution in [2.45, 2.75) is 44.4 Å². The van der Waals surface area contributed by atoms with Crippen molar-refractivity contribution in [3.63, 3.8) is 0 Å². The van der Waals surface area contributed by atoms with Gasteiger partial charge in [0.05, 0.1) is 23.5 Å². The summed E-state index contributed by atoms with van der Waals surface area (Å²) in [6.07, 6.45) is 2.04. The minimum atomic E-state index is -3.81. The molecule has 0 fully saturated rings. The summed E-state index contributed by atoms with van der Waals surface area (Å²) >= 11 is 0. The summed E-state index contributed by atoms with van der Waals surface area (Å²) in [6.45, 7) is 3.48. The van der Waals surface area contributed by atoms with Crippen molar-refractivity contribution >= 4 is 21.8 Å². The minimum absolute atomic E-state index is 0.0606. The van der Waals surface area contributed by atoms with Crippen molar-refractivity contribution in [3.8, 4) is 11.5 Å². The summed E-state index contributed by atoms with van der Waals surface area (Å²) in [5.41, 5.74) is 2.26. The van der Waals surface area contributed by atoms with Crippen molar-refractivity contribution in [1.29, 1.82) is 0 Å². The van der Waals surface area contributed by atoms with Gasteiger partial charge in [0.2, 0.25) is 10.0 Å². The lowest BCUT2D eigenvalue weighted by Gasteiger charge is -2.20. The fourth-order valence-electron chi connectivity index (χ4n) is 4.29. The third-order valence-electron chi connectivity index (χ3n) is 6.15. The Morgan fingerprint density at radius 1 is 1.18 bits per heavy atom. The Balaban J connectivity index is 1.74. The smallest absolute Gasteiger partial charge is 0.309 e. The standard InChI is InChI=1S/C25H31NO7S/c1-5-7-20-22(11-10-19(16(2)27)24(20)28)33-13-12-26(3)34(30,31)23-9-6-8-17-14-18(15-21(17)23)25(29)32-4/h6,8-11,18,28H,5,7,12-15H2,1-4H3. The van der Waals surface area contributed by atoms with Crippen LogP contribution >= 0.6 is 0 Å². The number of benzene rings is 2. The minimum Gasteiger partial charge on any atom is -0.507 e. The number of hydrogen-bond acceptors (Lipinski definition) is 7. The first kappa shape index (κ1) is 25.7. The molecule has 0 heterocycles. The number of rotatable bonds is 10. The molecular formula is C25H31NO7S. The van der Waals surface area contributed by atoms with Crippen LogP contribution in [0.5, 0.6) is 11.5 Å². The van der Waals surface area contributed by atoms with Gasteiger partial charge in [-0.05, 0) is 55.5 Å².